The van der Waals surface area contributed by atoms with Gasteiger partial charge < -0.3 is 10.2 Å². The highest BCUT2D eigenvalue weighted by Gasteiger charge is 2.21. The Balaban J connectivity index is 1.77. The second-order valence-corrected chi connectivity index (χ2v) is 7.64. The predicted octanol–water partition coefficient (Wildman–Crippen LogP) is 0.0926. The first-order valence-corrected chi connectivity index (χ1v) is 9.52. The number of hydrogen-bond donors (Lipinski definition) is 2. The monoisotopic (exact) mass is 351 g/mol. The van der Waals surface area contributed by atoms with Gasteiger partial charge in [0, 0.05) is 25.4 Å². The largest absolute Gasteiger partial charge is 0.373 e. The highest BCUT2D eigenvalue weighted by atomic mass is 32.2. The van der Waals surface area contributed by atoms with Crippen LogP contribution in [0, 0.1) is 6.92 Å². The average Bonchev–Trinajstić information content (AvgIpc) is 2.93. The first-order valence-electron chi connectivity index (χ1n) is 7.62. The zero-order valence-electron chi connectivity index (χ0n) is 13.9. The molecule has 0 amide bonds. The Morgan fingerprint density at radius 3 is 2.75 bits per heavy atom. The summed E-state index contributed by atoms with van der Waals surface area (Å²) in [4.78, 5) is 11.1. The van der Waals surface area contributed by atoms with Gasteiger partial charge in [-0.3, -0.25) is 4.68 Å². The first-order chi connectivity index (χ1) is 11.3. The zero-order chi connectivity index (χ0) is 17.3. The molecule has 3 rings (SSSR count). The van der Waals surface area contributed by atoms with Crippen LogP contribution in [-0.4, -0.2) is 48.0 Å². The maximum Gasteiger partial charge on any atom is 0.227 e. The second kappa shape index (κ2) is 6.36. The van der Waals surface area contributed by atoms with Crippen molar-refractivity contribution in [1.29, 1.82) is 0 Å². The van der Waals surface area contributed by atoms with Crippen molar-refractivity contribution >= 4 is 21.8 Å². The number of anilines is 2. The van der Waals surface area contributed by atoms with Gasteiger partial charge >= 0.3 is 0 Å². The molecule has 2 N–H and O–H groups in total. The normalized spacial score (nSPS) is 14.5. The number of aryl methyl sites for hydroxylation is 1. The minimum Gasteiger partial charge on any atom is -0.373 e. The molecule has 1 aliphatic rings. The summed E-state index contributed by atoms with van der Waals surface area (Å²) in [5, 5.41) is 7.48. The van der Waals surface area contributed by atoms with Crippen LogP contribution in [-0.2, 0) is 29.7 Å². The van der Waals surface area contributed by atoms with E-state index < -0.39 is 10.0 Å². The van der Waals surface area contributed by atoms with Crippen molar-refractivity contribution in [3.05, 3.63) is 29.2 Å². The van der Waals surface area contributed by atoms with Crippen LogP contribution in [0.1, 0.15) is 17.1 Å². The topological polar surface area (TPSA) is 105 Å². The quantitative estimate of drug-likeness (QED) is 0.787. The molecule has 24 heavy (non-hydrogen) atoms. The smallest absolute Gasteiger partial charge is 0.227 e. The van der Waals surface area contributed by atoms with Gasteiger partial charge in [-0.25, -0.2) is 18.1 Å². The van der Waals surface area contributed by atoms with E-state index in [0.717, 1.165) is 30.0 Å². The minimum atomic E-state index is -3.23. The molecule has 2 aromatic heterocycles. The van der Waals surface area contributed by atoms with Crippen LogP contribution in [0.4, 0.5) is 11.8 Å². The summed E-state index contributed by atoms with van der Waals surface area (Å²) >= 11 is 0. The lowest BCUT2D eigenvalue weighted by Gasteiger charge is -2.28. The van der Waals surface area contributed by atoms with Gasteiger partial charge in [0.05, 0.1) is 37.3 Å². The molecule has 0 spiro atoms. The fourth-order valence-electron chi connectivity index (χ4n) is 2.61. The van der Waals surface area contributed by atoms with Gasteiger partial charge in [0.1, 0.15) is 5.82 Å². The molecule has 3 heterocycles. The molecule has 0 atom stereocenters. The van der Waals surface area contributed by atoms with E-state index in [1.54, 1.807) is 0 Å². The third-order valence-corrected chi connectivity index (χ3v) is 4.41. The van der Waals surface area contributed by atoms with Gasteiger partial charge in [0.2, 0.25) is 16.0 Å². The van der Waals surface area contributed by atoms with Crippen molar-refractivity contribution in [2.24, 2.45) is 0 Å². The molecule has 9 nitrogen and oxygen atoms in total. The molecule has 0 bridgehead atoms. The highest BCUT2D eigenvalue weighted by Crippen LogP contribution is 2.20. The standard InChI is InChI=1S/C14H21N7O2S/c1-10-6-13(15-2)18-14(17-10)20-4-5-21-12(9-20)7-11(19-21)8-16-24(3,22)23/h6-7,16H,4-5,8-9H2,1-3H3,(H,15,17,18). The van der Waals surface area contributed by atoms with Gasteiger partial charge in [-0.2, -0.15) is 10.1 Å². The van der Waals surface area contributed by atoms with Crippen molar-refractivity contribution in [1.82, 2.24) is 24.5 Å². The fourth-order valence-corrected chi connectivity index (χ4v) is 3.02. The number of hydrogen-bond acceptors (Lipinski definition) is 7. The molecule has 0 aliphatic carbocycles. The van der Waals surface area contributed by atoms with Crippen molar-refractivity contribution in [3.8, 4) is 0 Å². The Hall–Kier alpha value is -2.20. The number of nitrogens with zero attached hydrogens (tertiary/aromatic N) is 5. The molecule has 1 aliphatic heterocycles. The Bertz CT molecular complexity index is 847. The van der Waals surface area contributed by atoms with E-state index in [9.17, 15) is 8.42 Å². The van der Waals surface area contributed by atoms with Crippen molar-refractivity contribution in [3.63, 3.8) is 0 Å². The fraction of sp³-hybridized carbons (Fsp3) is 0.500. The number of aromatic nitrogens is 4. The molecule has 2 aromatic rings. The molecule has 0 saturated heterocycles. The molecule has 0 unspecified atom stereocenters. The van der Waals surface area contributed by atoms with Crippen LogP contribution >= 0.6 is 0 Å². The summed E-state index contributed by atoms with van der Waals surface area (Å²) in [6.45, 7) is 4.23. The van der Waals surface area contributed by atoms with Crippen LogP contribution in [0.25, 0.3) is 0 Å². The first kappa shape index (κ1) is 16.7. The molecular formula is C14H21N7O2S. The van der Waals surface area contributed by atoms with Crippen molar-refractivity contribution in [2.75, 3.05) is 30.1 Å². The van der Waals surface area contributed by atoms with Crippen LogP contribution in [0.5, 0.6) is 0 Å². The van der Waals surface area contributed by atoms with Crippen LogP contribution in [0.2, 0.25) is 0 Å². The summed E-state index contributed by atoms with van der Waals surface area (Å²) < 4.78 is 26.8. The van der Waals surface area contributed by atoms with E-state index in [-0.39, 0.29) is 6.54 Å². The van der Waals surface area contributed by atoms with E-state index >= 15 is 0 Å². The van der Waals surface area contributed by atoms with E-state index in [2.05, 4.69) is 30.0 Å². The van der Waals surface area contributed by atoms with Crippen molar-refractivity contribution < 1.29 is 8.42 Å². The number of rotatable bonds is 5. The third kappa shape index (κ3) is 3.82. The molecule has 0 aromatic carbocycles. The number of nitrogens with one attached hydrogen (secondary N) is 2. The number of fused-ring (bicyclic) bond motifs is 1. The SMILES string of the molecule is CNc1cc(C)nc(N2CCn3nc(CNS(C)(=O)=O)cc3C2)n1. The summed E-state index contributed by atoms with van der Waals surface area (Å²) in [5.41, 5.74) is 2.63. The Kier molecular flexibility index (Phi) is 4.41. The molecule has 0 fully saturated rings. The third-order valence-electron chi connectivity index (χ3n) is 3.75. The van der Waals surface area contributed by atoms with Gasteiger partial charge in [-0.1, -0.05) is 0 Å². The van der Waals surface area contributed by atoms with E-state index in [4.69, 9.17) is 0 Å². The van der Waals surface area contributed by atoms with Gasteiger partial charge in [0.15, 0.2) is 0 Å². The minimum absolute atomic E-state index is 0.198. The molecule has 0 radical (unpaired) electrons. The van der Waals surface area contributed by atoms with E-state index in [1.165, 1.54) is 0 Å². The highest BCUT2D eigenvalue weighted by molar-refractivity contribution is 7.88. The lowest BCUT2D eigenvalue weighted by Crippen LogP contribution is -2.35. The lowest BCUT2D eigenvalue weighted by atomic mass is 10.3. The van der Waals surface area contributed by atoms with E-state index in [0.29, 0.717) is 24.7 Å². The van der Waals surface area contributed by atoms with Gasteiger partial charge in [0.25, 0.3) is 0 Å². The maximum absolute atomic E-state index is 11.2. The molecule has 130 valence electrons. The zero-order valence-corrected chi connectivity index (χ0v) is 14.8. The molecule has 0 saturated carbocycles. The van der Waals surface area contributed by atoms with Gasteiger partial charge in [-0.05, 0) is 13.0 Å². The number of sulfonamides is 1. The summed E-state index contributed by atoms with van der Waals surface area (Å²) in [7, 11) is -1.40. The summed E-state index contributed by atoms with van der Waals surface area (Å²) in [6, 6.07) is 3.81. The van der Waals surface area contributed by atoms with Crippen LogP contribution in [0.15, 0.2) is 12.1 Å². The van der Waals surface area contributed by atoms with Crippen molar-refractivity contribution in [2.45, 2.75) is 26.6 Å². The Morgan fingerprint density at radius 1 is 1.25 bits per heavy atom. The predicted molar refractivity (Wildman–Crippen MR) is 91.3 cm³/mol. The second-order valence-electron chi connectivity index (χ2n) is 5.81. The average molecular weight is 351 g/mol. The van der Waals surface area contributed by atoms with Crippen LogP contribution in [0.3, 0.4) is 0 Å². The Labute approximate surface area is 141 Å². The Morgan fingerprint density at radius 2 is 2.04 bits per heavy atom. The molecular weight excluding hydrogens is 330 g/mol. The summed E-state index contributed by atoms with van der Waals surface area (Å²) in [5.74, 6) is 1.47. The lowest BCUT2D eigenvalue weighted by molar-refractivity contribution is 0.509. The van der Waals surface area contributed by atoms with Gasteiger partial charge in [-0.15, -0.1) is 0 Å². The molecule has 10 heteroatoms. The van der Waals surface area contributed by atoms with Crippen LogP contribution < -0.4 is 14.9 Å². The summed E-state index contributed by atoms with van der Waals surface area (Å²) in [6.07, 6.45) is 1.14. The maximum atomic E-state index is 11.2. The van der Waals surface area contributed by atoms with E-state index in [1.807, 2.05) is 30.8 Å².